The Labute approximate surface area is 101 Å². The van der Waals surface area contributed by atoms with Crippen molar-refractivity contribution in [2.75, 3.05) is 24.6 Å². The van der Waals surface area contributed by atoms with E-state index in [9.17, 15) is 4.79 Å². The summed E-state index contributed by atoms with van der Waals surface area (Å²) in [6.45, 7) is 3.75. The Morgan fingerprint density at radius 1 is 1.53 bits per heavy atom. The van der Waals surface area contributed by atoms with Gasteiger partial charge in [-0.25, -0.2) is 4.79 Å². The second-order valence-corrected chi connectivity index (χ2v) is 4.13. The summed E-state index contributed by atoms with van der Waals surface area (Å²) in [5, 5.41) is 8.98. The molecule has 2 rings (SSSR count). The summed E-state index contributed by atoms with van der Waals surface area (Å²) in [7, 11) is 0. The van der Waals surface area contributed by atoms with E-state index in [1.807, 2.05) is 18.2 Å². The summed E-state index contributed by atoms with van der Waals surface area (Å²) < 4.78 is 5.22. The van der Waals surface area contributed by atoms with Crippen LogP contribution in [0.1, 0.15) is 12.5 Å². The third-order valence-corrected chi connectivity index (χ3v) is 3.06. The van der Waals surface area contributed by atoms with E-state index >= 15 is 0 Å². The monoisotopic (exact) mass is 235 g/mol. The highest BCUT2D eigenvalue weighted by Gasteiger charge is 2.26. The van der Waals surface area contributed by atoms with Crippen LogP contribution in [0, 0.1) is 0 Å². The Morgan fingerprint density at radius 2 is 2.29 bits per heavy atom. The van der Waals surface area contributed by atoms with E-state index in [4.69, 9.17) is 9.84 Å². The molecular formula is C13H17NO3. The van der Waals surface area contributed by atoms with Crippen LogP contribution in [-0.4, -0.2) is 36.9 Å². The second kappa shape index (κ2) is 5.19. The minimum Gasteiger partial charge on any atom is -0.479 e. The van der Waals surface area contributed by atoms with Gasteiger partial charge in [-0.2, -0.15) is 0 Å². The first-order valence-corrected chi connectivity index (χ1v) is 5.89. The summed E-state index contributed by atoms with van der Waals surface area (Å²) in [6.07, 6.45) is 0.235. The molecule has 4 nitrogen and oxygen atoms in total. The number of benzene rings is 1. The van der Waals surface area contributed by atoms with Crippen molar-refractivity contribution in [2.24, 2.45) is 0 Å². The first-order chi connectivity index (χ1) is 8.22. The number of morpholine rings is 1. The summed E-state index contributed by atoms with van der Waals surface area (Å²) in [4.78, 5) is 13.0. The highest BCUT2D eigenvalue weighted by molar-refractivity contribution is 5.73. The SMILES string of the molecule is CCc1ccccc1N1CCOC(C(=O)O)C1. The number of aliphatic carboxylic acids is 1. The lowest BCUT2D eigenvalue weighted by Gasteiger charge is -2.33. The molecule has 1 aromatic carbocycles. The molecule has 1 aromatic rings. The fourth-order valence-corrected chi connectivity index (χ4v) is 2.14. The number of ether oxygens (including phenoxy) is 1. The maximum absolute atomic E-state index is 10.9. The molecular weight excluding hydrogens is 218 g/mol. The Hall–Kier alpha value is -1.55. The summed E-state index contributed by atoms with van der Waals surface area (Å²) in [5.74, 6) is -0.885. The predicted octanol–water partition coefficient (Wildman–Crippen LogP) is 1.54. The summed E-state index contributed by atoms with van der Waals surface area (Å²) in [6, 6.07) is 8.13. The quantitative estimate of drug-likeness (QED) is 0.863. The van der Waals surface area contributed by atoms with Crippen molar-refractivity contribution in [1.29, 1.82) is 0 Å². The maximum Gasteiger partial charge on any atom is 0.334 e. The number of carbonyl (C=O) groups is 1. The molecule has 92 valence electrons. The number of hydrogen-bond donors (Lipinski definition) is 1. The zero-order chi connectivity index (χ0) is 12.3. The number of para-hydroxylation sites is 1. The van der Waals surface area contributed by atoms with Crippen molar-refractivity contribution in [3.8, 4) is 0 Å². The molecule has 0 aromatic heterocycles. The molecule has 0 aliphatic carbocycles. The number of rotatable bonds is 3. The molecule has 1 aliphatic rings. The molecule has 17 heavy (non-hydrogen) atoms. The van der Waals surface area contributed by atoms with Crippen molar-refractivity contribution in [3.63, 3.8) is 0 Å². The van der Waals surface area contributed by atoms with Gasteiger partial charge in [0.2, 0.25) is 0 Å². The molecule has 1 fully saturated rings. The maximum atomic E-state index is 10.9. The molecule has 0 radical (unpaired) electrons. The standard InChI is InChI=1S/C13H17NO3/c1-2-10-5-3-4-6-11(10)14-7-8-17-12(9-14)13(15)16/h3-6,12H,2,7-9H2,1H3,(H,15,16). The van der Waals surface area contributed by atoms with Crippen molar-refractivity contribution in [3.05, 3.63) is 29.8 Å². The van der Waals surface area contributed by atoms with Gasteiger partial charge >= 0.3 is 5.97 Å². The van der Waals surface area contributed by atoms with Crippen LogP contribution < -0.4 is 4.90 Å². The number of aryl methyl sites for hydroxylation is 1. The van der Waals surface area contributed by atoms with E-state index in [1.54, 1.807) is 0 Å². The summed E-state index contributed by atoms with van der Waals surface area (Å²) >= 11 is 0. The van der Waals surface area contributed by atoms with Gasteiger partial charge in [-0.3, -0.25) is 0 Å². The molecule has 0 amide bonds. The molecule has 0 spiro atoms. The Morgan fingerprint density at radius 3 is 3.00 bits per heavy atom. The van der Waals surface area contributed by atoms with Gasteiger partial charge < -0.3 is 14.7 Å². The van der Waals surface area contributed by atoms with E-state index in [0.29, 0.717) is 13.2 Å². The zero-order valence-corrected chi connectivity index (χ0v) is 9.93. The first kappa shape index (κ1) is 11.9. The third kappa shape index (κ3) is 2.58. The van der Waals surface area contributed by atoms with Crippen LogP contribution >= 0.6 is 0 Å². The highest BCUT2D eigenvalue weighted by atomic mass is 16.5. The number of anilines is 1. The van der Waals surface area contributed by atoms with E-state index in [0.717, 1.165) is 18.7 Å². The van der Waals surface area contributed by atoms with Crippen LogP contribution in [0.25, 0.3) is 0 Å². The lowest BCUT2D eigenvalue weighted by molar-refractivity contribution is -0.150. The van der Waals surface area contributed by atoms with Gasteiger partial charge in [0.25, 0.3) is 0 Å². The van der Waals surface area contributed by atoms with E-state index in [-0.39, 0.29) is 0 Å². The lowest BCUT2D eigenvalue weighted by atomic mass is 10.1. The van der Waals surface area contributed by atoms with Crippen molar-refractivity contribution in [1.82, 2.24) is 0 Å². The molecule has 1 unspecified atom stereocenters. The molecule has 1 saturated heterocycles. The second-order valence-electron chi connectivity index (χ2n) is 4.13. The van der Waals surface area contributed by atoms with Gasteiger partial charge in [0, 0.05) is 12.2 Å². The van der Waals surface area contributed by atoms with Crippen molar-refractivity contribution in [2.45, 2.75) is 19.4 Å². The van der Waals surface area contributed by atoms with Gasteiger partial charge in [-0.05, 0) is 18.1 Å². The minimum atomic E-state index is -0.885. The largest absolute Gasteiger partial charge is 0.479 e. The Balaban J connectivity index is 2.18. The van der Waals surface area contributed by atoms with E-state index < -0.39 is 12.1 Å². The molecule has 1 atom stereocenters. The third-order valence-electron chi connectivity index (χ3n) is 3.06. The molecule has 1 N–H and O–H groups in total. The molecule has 1 aliphatic heterocycles. The van der Waals surface area contributed by atoms with Crippen molar-refractivity contribution >= 4 is 11.7 Å². The van der Waals surface area contributed by atoms with Gasteiger partial charge in [0.05, 0.1) is 13.2 Å². The Kier molecular flexibility index (Phi) is 3.64. The normalized spacial score (nSPS) is 20.3. The fraction of sp³-hybridized carbons (Fsp3) is 0.462. The first-order valence-electron chi connectivity index (χ1n) is 5.89. The number of carboxylic acids is 1. The number of carboxylic acid groups (broad SMARTS) is 1. The molecule has 0 saturated carbocycles. The fourth-order valence-electron chi connectivity index (χ4n) is 2.14. The van der Waals surface area contributed by atoms with Crippen LogP contribution in [0.15, 0.2) is 24.3 Å². The number of nitrogens with zero attached hydrogens (tertiary/aromatic N) is 1. The minimum absolute atomic E-state index is 0.423. The molecule has 0 bridgehead atoms. The Bertz CT molecular complexity index is 405. The van der Waals surface area contributed by atoms with Crippen LogP contribution in [0.3, 0.4) is 0 Å². The van der Waals surface area contributed by atoms with Gasteiger partial charge in [-0.1, -0.05) is 25.1 Å². The van der Waals surface area contributed by atoms with Crippen LogP contribution in [0.5, 0.6) is 0 Å². The van der Waals surface area contributed by atoms with E-state index in [2.05, 4.69) is 17.9 Å². The van der Waals surface area contributed by atoms with Crippen LogP contribution in [-0.2, 0) is 16.0 Å². The van der Waals surface area contributed by atoms with Gasteiger partial charge in [0.1, 0.15) is 0 Å². The summed E-state index contributed by atoms with van der Waals surface area (Å²) in [5.41, 5.74) is 2.38. The average molecular weight is 235 g/mol. The van der Waals surface area contributed by atoms with E-state index in [1.165, 1.54) is 5.56 Å². The molecule has 4 heteroatoms. The van der Waals surface area contributed by atoms with Crippen LogP contribution in [0.2, 0.25) is 0 Å². The highest BCUT2D eigenvalue weighted by Crippen LogP contribution is 2.23. The van der Waals surface area contributed by atoms with Crippen molar-refractivity contribution < 1.29 is 14.6 Å². The lowest BCUT2D eigenvalue weighted by Crippen LogP contribution is -2.46. The number of hydrogen-bond acceptors (Lipinski definition) is 3. The molecule has 1 heterocycles. The topological polar surface area (TPSA) is 49.8 Å². The predicted molar refractivity (Wildman–Crippen MR) is 65.4 cm³/mol. The zero-order valence-electron chi connectivity index (χ0n) is 9.93. The smallest absolute Gasteiger partial charge is 0.334 e. The van der Waals surface area contributed by atoms with Gasteiger partial charge in [-0.15, -0.1) is 0 Å². The average Bonchev–Trinajstić information content (AvgIpc) is 2.39. The van der Waals surface area contributed by atoms with Gasteiger partial charge in [0.15, 0.2) is 6.10 Å². The van der Waals surface area contributed by atoms with Crippen LogP contribution in [0.4, 0.5) is 5.69 Å².